The van der Waals surface area contributed by atoms with Crippen molar-refractivity contribution >= 4 is 43.2 Å². The second-order valence-corrected chi connectivity index (χ2v) is 13.2. The second kappa shape index (κ2) is 10.9. The van der Waals surface area contributed by atoms with Crippen molar-refractivity contribution in [3.63, 3.8) is 0 Å². The van der Waals surface area contributed by atoms with Gasteiger partial charge in [-0.2, -0.15) is 0 Å². The third kappa shape index (κ3) is 6.28. The fraction of sp³-hybridized carbons (Fsp3) is 0.318. The molecule has 2 aromatic carbocycles. The van der Waals surface area contributed by atoms with Crippen LogP contribution in [0.4, 0.5) is 5.69 Å². The fourth-order valence-electron chi connectivity index (χ4n) is 3.09. The van der Waals surface area contributed by atoms with Crippen molar-refractivity contribution in [1.82, 2.24) is 19.1 Å². The summed E-state index contributed by atoms with van der Waals surface area (Å²) in [5, 5.41) is 10.8. The zero-order chi connectivity index (χ0) is 25.8. The van der Waals surface area contributed by atoms with Gasteiger partial charge in [0.15, 0.2) is 15.0 Å². The van der Waals surface area contributed by atoms with Crippen LogP contribution in [0, 0.1) is 0 Å². The van der Waals surface area contributed by atoms with Crippen LogP contribution in [-0.4, -0.2) is 61.2 Å². The fourth-order valence-corrected chi connectivity index (χ4v) is 6.21. The van der Waals surface area contributed by atoms with Gasteiger partial charge >= 0.3 is 0 Å². The van der Waals surface area contributed by atoms with E-state index in [9.17, 15) is 21.6 Å². The minimum atomic E-state index is -3.60. The number of nitrogens with one attached hydrogen (secondary N) is 1. The molecule has 3 aromatic rings. The molecule has 0 bridgehead atoms. The summed E-state index contributed by atoms with van der Waals surface area (Å²) in [7, 11) is -4.26. The van der Waals surface area contributed by atoms with Crippen LogP contribution in [0.25, 0.3) is 0 Å². The van der Waals surface area contributed by atoms with Crippen molar-refractivity contribution in [3.05, 3.63) is 60.4 Å². The summed E-state index contributed by atoms with van der Waals surface area (Å²) in [5.41, 5.74) is 0.451. The average Bonchev–Trinajstić information content (AvgIpc) is 3.19. The van der Waals surface area contributed by atoms with E-state index >= 15 is 0 Å². The number of amides is 1. The molecule has 0 radical (unpaired) electrons. The Labute approximate surface area is 209 Å². The largest absolute Gasteiger partial charge is 0.325 e. The molecule has 1 unspecified atom stereocenters. The van der Waals surface area contributed by atoms with Crippen LogP contribution >= 0.6 is 11.8 Å². The number of aromatic nitrogens is 3. The summed E-state index contributed by atoms with van der Waals surface area (Å²) in [6, 6.07) is 14.0. The molecular weight excluding hydrogens is 510 g/mol. The normalized spacial score (nSPS) is 13.1. The van der Waals surface area contributed by atoms with Crippen LogP contribution in [0.3, 0.4) is 0 Å². The van der Waals surface area contributed by atoms with Crippen molar-refractivity contribution in [2.75, 3.05) is 19.4 Å². The van der Waals surface area contributed by atoms with E-state index in [1.165, 1.54) is 50.5 Å². The number of thioether (sulfide) groups is 1. The third-order valence-corrected chi connectivity index (χ3v) is 9.62. The maximum atomic E-state index is 12.7. The smallest absolute Gasteiger partial charge is 0.242 e. The molecule has 13 heteroatoms. The molecule has 0 aliphatic rings. The Morgan fingerprint density at radius 2 is 1.63 bits per heavy atom. The molecule has 1 amide bonds. The Balaban J connectivity index is 1.69. The number of rotatable bonds is 10. The lowest BCUT2D eigenvalue weighted by atomic mass is 10.3. The van der Waals surface area contributed by atoms with E-state index in [0.29, 0.717) is 23.2 Å². The number of carbonyl (C=O) groups is 1. The minimum absolute atomic E-state index is 0.122. The zero-order valence-corrected chi connectivity index (χ0v) is 22.2. The van der Waals surface area contributed by atoms with Gasteiger partial charge in [-0.3, -0.25) is 4.79 Å². The van der Waals surface area contributed by atoms with Gasteiger partial charge in [0, 0.05) is 26.3 Å². The first-order valence-corrected chi connectivity index (χ1v) is 14.6. The molecule has 1 heterocycles. The van der Waals surface area contributed by atoms with Crippen molar-refractivity contribution in [3.8, 4) is 0 Å². The number of sulfonamides is 1. The predicted molar refractivity (Wildman–Crippen MR) is 134 cm³/mol. The van der Waals surface area contributed by atoms with E-state index in [4.69, 9.17) is 0 Å². The number of benzene rings is 2. The number of anilines is 1. The van der Waals surface area contributed by atoms with Crippen molar-refractivity contribution < 1.29 is 21.6 Å². The molecular formula is C22H27N5O5S3. The van der Waals surface area contributed by atoms with Gasteiger partial charge in [0.25, 0.3) is 0 Å². The van der Waals surface area contributed by atoms with E-state index < -0.39 is 25.1 Å². The number of hydrogen-bond donors (Lipinski definition) is 1. The first kappa shape index (κ1) is 26.9. The number of hydrogen-bond acceptors (Lipinski definition) is 8. The molecule has 0 saturated heterocycles. The lowest BCUT2D eigenvalue weighted by Gasteiger charge is -2.14. The Morgan fingerprint density at radius 3 is 2.20 bits per heavy atom. The van der Waals surface area contributed by atoms with Gasteiger partial charge in [-0.05, 0) is 50.2 Å². The topological polar surface area (TPSA) is 131 Å². The number of nitrogens with zero attached hydrogens (tertiary/aromatic N) is 4. The van der Waals surface area contributed by atoms with E-state index in [0.717, 1.165) is 16.1 Å². The van der Waals surface area contributed by atoms with Crippen LogP contribution in [0.1, 0.15) is 19.7 Å². The van der Waals surface area contributed by atoms with E-state index in [-0.39, 0.29) is 21.5 Å². The molecule has 1 aromatic heterocycles. The van der Waals surface area contributed by atoms with Crippen molar-refractivity contribution in [2.24, 2.45) is 0 Å². The van der Waals surface area contributed by atoms with Gasteiger partial charge in [-0.15, -0.1) is 10.2 Å². The SMILES string of the molecule is CCn1c(CS(=O)(=O)c2ccccc2)nnc1SC(C)C(=O)Nc1ccc(S(=O)(=O)N(C)C)cc1. The van der Waals surface area contributed by atoms with Gasteiger partial charge < -0.3 is 9.88 Å². The lowest BCUT2D eigenvalue weighted by Crippen LogP contribution is -2.24. The van der Waals surface area contributed by atoms with Gasteiger partial charge in [-0.25, -0.2) is 21.1 Å². The molecule has 188 valence electrons. The summed E-state index contributed by atoms with van der Waals surface area (Å²) < 4.78 is 52.7. The maximum absolute atomic E-state index is 12.7. The first-order chi connectivity index (χ1) is 16.5. The molecule has 35 heavy (non-hydrogen) atoms. The summed E-state index contributed by atoms with van der Waals surface area (Å²) in [4.78, 5) is 13.0. The predicted octanol–water partition coefficient (Wildman–Crippen LogP) is 2.64. The van der Waals surface area contributed by atoms with Crippen LogP contribution in [0.15, 0.2) is 69.5 Å². The number of carbonyl (C=O) groups excluding carboxylic acids is 1. The minimum Gasteiger partial charge on any atom is -0.325 e. The van der Waals surface area contributed by atoms with Crippen LogP contribution in [-0.2, 0) is 37.0 Å². The maximum Gasteiger partial charge on any atom is 0.242 e. The van der Waals surface area contributed by atoms with Gasteiger partial charge in [0.1, 0.15) is 11.6 Å². The summed E-state index contributed by atoms with van der Waals surface area (Å²) in [6.45, 7) is 3.98. The Kier molecular flexibility index (Phi) is 8.36. The molecule has 0 aliphatic carbocycles. The van der Waals surface area contributed by atoms with Crippen LogP contribution < -0.4 is 5.32 Å². The van der Waals surface area contributed by atoms with Crippen LogP contribution in [0.2, 0.25) is 0 Å². The quantitative estimate of drug-likeness (QED) is 0.391. The molecule has 10 nitrogen and oxygen atoms in total. The summed E-state index contributed by atoms with van der Waals surface area (Å²) in [6.07, 6.45) is 0. The van der Waals surface area contributed by atoms with E-state index in [1.54, 1.807) is 29.7 Å². The third-order valence-electron chi connectivity index (χ3n) is 5.08. The molecule has 0 fully saturated rings. The van der Waals surface area contributed by atoms with E-state index in [1.807, 2.05) is 6.92 Å². The highest BCUT2D eigenvalue weighted by Crippen LogP contribution is 2.25. The molecule has 1 atom stereocenters. The van der Waals surface area contributed by atoms with Gasteiger partial charge in [0.2, 0.25) is 15.9 Å². The van der Waals surface area contributed by atoms with Gasteiger partial charge in [-0.1, -0.05) is 30.0 Å². The monoisotopic (exact) mass is 537 g/mol. The Hall–Kier alpha value is -2.74. The Bertz CT molecular complexity index is 1390. The number of sulfone groups is 1. The molecule has 0 aliphatic heterocycles. The highest BCUT2D eigenvalue weighted by atomic mass is 32.2. The molecule has 0 saturated carbocycles. The van der Waals surface area contributed by atoms with Gasteiger partial charge in [0.05, 0.1) is 15.0 Å². The standard InChI is InChI=1S/C22H27N5O5S3/c1-5-27-20(15-34(29,30)18-9-7-6-8-10-18)24-25-22(27)33-16(2)21(28)23-17-11-13-19(14-12-17)35(31,32)26(3)4/h6-14,16H,5,15H2,1-4H3,(H,23,28). The van der Waals surface area contributed by atoms with Crippen molar-refractivity contribution in [2.45, 2.75) is 46.3 Å². The highest BCUT2D eigenvalue weighted by molar-refractivity contribution is 8.00. The molecule has 1 N–H and O–H groups in total. The van der Waals surface area contributed by atoms with E-state index in [2.05, 4.69) is 15.5 Å². The average molecular weight is 538 g/mol. The second-order valence-electron chi connectivity index (χ2n) is 7.78. The highest BCUT2D eigenvalue weighted by Gasteiger charge is 2.24. The van der Waals surface area contributed by atoms with Crippen LogP contribution in [0.5, 0.6) is 0 Å². The Morgan fingerprint density at radius 1 is 1.00 bits per heavy atom. The molecule has 3 rings (SSSR count). The summed E-state index contributed by atoms with van der Waals surface area (Å²) >= 11 is 1.16. The lowest BCUT2D eigenvalue weighted by molar-refractivity contribution is -0.115. The molecule has 0 spiro atoms. The summed E-state index contributed by atoms with van der Waals surface area (Å²) in [5.74, 6) is -0.326. The van der Waals surface area contributed by atoms with Crippen molar-refractivity contribution in [1.29, 1.82) is 0 Å². The zero-order valence-electron chi connectivity index (χ0n) is 19.7. The first-order valence-electron chi connectivity index (χ1n) is 10.7.